The molecule has 106 valence electrons. The lowest BCUT2D eigenvalue weighted by Gasteiger charge is -2.21. The zero-order chi connectivity index (χ0) is 14.7. The minimum atomic E-state index is -0.584. The Kier molecular flexibility index (Phi) is 4.63. The SMILES string of the molecule is CC(O)c1ccc(N(C)Cc2ccc(F)cc2)cc1Cl. The molecule has 0 radical (unpaired) electrons. The Balaban J connectivity index is 2.15. The number of aliphatic hydroxyl groups is 1. The number of benzene rings is 2. The molecule has 20 heavy (non-hydrogen) atoms. The van der Waals surface area contributed by atoms with E-state index in [4.69, 9.17) is 11.6 Å². The van der Waals surface area contributed by atoms with Crippen LogP contribution in [0.3, 0.4) is 0 Å². The Morgan fingerprint density at radius 2 is 1.85 bits per heavy atom. The van der Waals surface area contributed by atoms with Gasteiger partial charge < -0.3 is 10.0 Å². The van der Waals surface area contributed by atoms with Gasteiger partial charge in [0.05, 0.1) is 6.10 Å². The van der Waals surface area contributed by atoms with Crippen molar-refractivity contribution in [1.82, 2.24) is 0 Å². The van der Waals surface area contributed by atoms with Crippen LogP contribution in [0.1, 0.15) is 24.2 Å². The topological polar surface area (TPSA) is 23.5 Å². The number of nitrogens with zero attached hydrogens (tertiary/aromatic N) is 1. The second kappa shape index (κ2) is 6.25. The van der Waals surface area contributed by atoms with Gasteiger partial charge in [0, 0.05) is 24.3 Å². The smallest absolute Gasteiger partial charge is 0.123 e. The third kappa shape index (κ3) is 3.50. The second-order valence-corrected chi connectivity index (χ2v) is 5.27. The molecule has 2 rings (SSSR count). The summed E-state index contributed by atoms with van der Waals surface area (Å²) in [5.74, 6) is -0.235. The van der Waals surface area contributed by atoms with Crippen molar-refractivity contribution in [2.45, 2.75) is 19.6 Å². The molecule has 1 N–H and O–H groups in total. The molecule has 0 fully saturated rings. The summed E-state index contributed by atoms with van der Waals surface area (Å²) in [6, 6.07) is 12.0. The minimum Gasteiger partial charge on any atom is -0.389 e. The largest absolute Gasteiger partial charge is 0.389 e. The molecule has 0 aromatic heterocycles. The van der Waals surface area contributed by atoms with Gasteiger partial charge in [-0.3, -0.25) is 0 Å². The van der Waals surface area contributed by atoms with Crippen molar-refractivity contribution in [3.05, 3.63) is 64.4 Å². The summed E-state index contributed by atoms with van der Waals surface area (Å²) >= 11 is 6.16. The maximum atomic E-state index is 12.9. The Bertz CT molecular complexity index is 584. The van der Waals surface area contributed by atoms with Crippen molar-refractivity contribution in [2.24, 2.45) is 0 Å². The molecule has 1 unspecified atom stereocenters. The number of rotatable bonds is 4. The molecule has 2 aromatic rings. The van der Waals surface area contributed by atoms with Gasteiger partial charge in [0.15, 0.2) is 0 Å². The molecule has 0 aliphatic carbocycles. The quantitative estimate of drug-likeness (QED) is 0.914. The summed E-state index contributed by atoms with van der Waals surface area (Å²) in [6.07, 6.45) is -0.584. The first kappa shape index (κ1) is 14.8. The number of hydrogen-bond donors (Lipinski definition) is 1. The maximum Gasteiger partial charge on any atom is 0.123 e. The zero-order valence-corrected chi connectivity index (χ0v) is 12.2. The van der Waals surface area contributed by atoms with Crippen LogP contribution >= 0.6 is 11.6 Å². The number of hydrogen-bond acceptors (Lipinski definition) is 2. The van der Waals surface area contributed by atoms with Crippen LogP contribution in [-0.2, 0) is 6.54 Å². The summed E-state index contributed by atoms with van der Waals surface area (Å²) in [6.45, 7) is 2.34. The van der Waals surface area contributed by atoms with Gasteiger partial charge in [0.2, 0.25) is 0 Å². The molecule has 0 saturated carbocycles. The lowest BCUT2D eigenvalue weighted by atomic mass is 10.1. The first-order valence-corrected chi connectivity index (χ1v) is 6.78. The van der Waals surface area contributed by atoms with Crippen molar-refractivity contribution in [2.75, 3.05) is 11.9 Å². The highest BCUT2D eigenvalue weighted by atomic mass is 35.5. The van der Waals surface area contributed by atoms with Gasteiger partial charge in [-0.1, -0.05) is 29.8 Å². The van der Waals surface area contributed by atoms with Crippen LogP contribution in [0.25, 0.3) is 0 Å². The lowest BCUT2D eigenvalue weighted by molar-refractivity contribution is 0.199. The third-order valence-electron chi connectivity index (χ3n) is 3.21. The van der Waals surface area contributed by atoms with Crippen LogP contribution in [0, 0.1) is 5.82 Å². The molecule has 0 aliphatic heterocycles. The minimum absolute atomic E-state index is 0.235. The highest BCUT2D eigenvalue weighted by molar-refractivity contribution is 6.31. The highest BCUT2D eigenvalue weighted by Gasteiger charge is 2.09. The first-order valence-electron chi connectivity index (χ1n) is 6.40. The number of halogens is 2. The average molecular weight is 294 g/mol. The number of aliphatic hydroxyl groups excluding tert-OH is 1. The maximum absolute atomic E-state index is 12.9. The van der Waals surface area contributed by atoms with Crippen molar-refractivity contribution in [3.8, 4) is 0 Å². The summed E-state index contributed by atoms with van der Waals surface area (Å²) in [7, 11) is 1.94. The molecule has 4 heteroatoms. The molecule has 0 bridgehead atoms. The van der Waals surface area contributed by atoms with Gasteiger partial charge in [0.25, 0.3) is 0 Å². The molecule has 0 aliphatic rings. The summed E-state index contributed by atoms with van der Waals surface area (Å²) < 4.78 is 12.9. The van der Waals surface area contributed by atoms with Gasteiger partial charge in [0.1, 0.15) is 5.82 Å². The monoisotopic (exact) mass is 293 g/mol. The fraction of sp³-hybridized carbons (Fsp3) is 0.250. The Morgan fingerprint density at radius 3 is 2.40 bits per heavy atom. The van der Waals surface area contributed by atoms with Crippen LogP contribution in [0.2, 0.25) is 5.02 Å². The van der Waals surface area contributed by atoms with E-state index in [1.165, 1.54) is 12.1 Å². The lowest BCUT2D eigenvalue weighted by Crippen LogP contribution is -2.16. The fourth-order valence-corrected chi connectivity index (χ4v) is 2.38. The highest BCUT2D eigenvalue weighted by Crippen LogP contribution is 2.28. The van der Waals surface area contributed by atoms with Crippen LogP contribution in [0.5, 0.6) is 0 Å². The standard InChI is InChI=1S/C16H17ClFNO/c1-11(20)15-8-7-14(9-16(15)17)19(2)10-12-3-5-13(18)6-4-12/h3-9,11,20H,10H2,1-2H3. The number of anilines is 1. The molecular formula is C16H17ClFNO. The Morgan fingerprint density at radius 1 is 1.20 bits per heavy atom. The van der Waals surface area contributed by atoms with Gasteiger partial charge >= 0.3 is 0 Å². The molecule has 2 nitrogen and oxygen atoms in total. The molecule has 1 atom stereocenters. The van der Waals surface area contributed by atoms with E-state index in [2.05, 4.69) is 0 Å². The molecule has 0 amide bonds. The van der Waals surface area contributed by atoms with Gasteiger partial charge in [-0.05, 0) is 42.3 Å². The van der Waals surface area contributed by atoms with Crippen LogP contribution in [-0.4, -0.2) is 12.2 Å². The van der Waals surface area contributed by atoms with Gasteiger partial charge in [-0.2, -0.15) is 0 Å². The van der Waals surface area contributed by atoms with Crippen LogP contribution in [0.15, 0.2) is 42.5 Å². The molecular weight excluding hydrogens is 277 g/mol. The van der Waals surface area contributed by atoms with Gasteiger partial charge in [-0.25, -0.2) is 4.39 Å². The molecule has 0 heterocycles. The summed E-state index contributed by atoms with van der Waals surface area (Å²) in [4.78, 5) is 2.02. The third-order valence-corrected chi connectivity index (χ3v) is 3.54. The second-order valence-electron chi connectivity index (χ2n) is 4.86. The fourth-order valence-electron chi connectivity index (χ4n) is 2.05. The van der Waals surface area contributed by atoms with E-state index in [9.17, 15) is 9.50 Å². The summed E-state index contributed by atoms with van der Waals surface area (Å²) in [5.41, 5.74) is 2.68. The van der Waals surface area contributed by atoms with E-state index in [-0.39, 0.29) is 5.82 Å². The average Bonchev–Trinajstić information content (AvgIpc) is 2.40. The van der Waals surface area contributed by atoms with E-state index >= 15 is 0 Å². The van der Waals surface area contributed by atoms with E-state index in [1.807, 2.05) is 30.1 Å². The zero-order valence-electron chi connectivity index (χ0n) is 11.5. The van der Waals surface area contributed by atoms with Crippen LogP contribution in [0.4, 0.5) is 10.1 Å². The van der Waals surface area contributed by atoms with Crippen molar-refractivity contribution in [3.63, 3.8) is 0 Å². The predicted octanol–water partition coefficient (Wildman–Crippen LogP) is 4.17. The van der Waals surface area contributed by atoms with E-state index in [0.29, 0.717) is 17.1 Å². The van der Waals surface area contributed by atoms with Crippen LogP contribution < -0.4 is 4.90 Å². The molecule has 2 aromatic carbocycles. The van der Waals surface area contributed by atoms with Crippen molar-refractivity contribution in [1.29, 1.82) is 0 Å². The molecule has 0 spiro atoms. The van der Waals surface area contributed by atoms with Crippen molar-refractivity contribution < 1.29 is 9.50 Å². The molecule has 0 saturated heterocycles. The van der Waals surface area contributed by atoms with E-state index < -0.39 is 6.10 Å². The predicted molar refractivity (Wildman–Crippen MR) is 80.6 cm³/mol. The Hall–Kier alpha value is -1.58. The normalized spacial score (nSPS) is 12.2. The first-order chi connectivity index (χ1) is 9.47. The van der Waals surface area contributed by atoms with E-state index in [1.54, 1.807) is 19.1 Å². The van der Waals surface area contributed by atoms with Crippen molar-refractivity contribution >= 4 is 17.3 Å². The van der Waals surface area contributed by atoms with Gasteiger partial charge in [-0.15, -0.1) is 0 Å². The van der Waals surface area contributed by atoms with E-state index in [0.717, 1.165) is 11.3 Å². The summed E-state index contributed by atoms with van der Waals surface area (Å²) in [5, 5.41) is 10.1. The Labute approximate surface area is 123 Å².